The Bertz CT molecular complexity index is 496. The molecule has 0 radical (unpaired) electrons. The van der Waals surface area contributed by atoms with E-state index < -0.39 is 0 Å². The second-order valence-electron chi connectivity index (χ2n) is 5.38. The molecule has 0 spiro atoms. The van der Waals surface area contributed by atoms with Crippen molar-refractivity contribution in [2.24, 2.45) is 0 Å². The van der Waals surface area contributed by atoms with E-state index in [0.717, 1.165) is 0 Å². The van der Waals surface area contributed by atoms with E-state index in [9.17, 15) is 0 Å². The van der Waals surface area contributed by atoms with Crippen molar-refractivity contribution in [1.82, 2.24) is 0 Å². The van der Waals surface area contributed by atoms with Gasteiger partial charge in [-0.3, -0.25) is 0 Å². The molecule has 0 bridgehead atoms. The van der Waals surface area contributed by atoms with Crippen molar-refractivity contribution in [2.45, 2.75) is 13.5 Å². The Hall–Kier alpha value is -1.32. The van der Waals surface area contributed by atoms with Crippen molar-refractivity contribution in [1.29, 1.82) is 0 Å². The van der Waals surface area contributed by atoms with Gasteiger partial charge < -0.3 is 9.80 Å². The molecule has 1 aromatic heterocycles. The molecule has 0 amide bonds. The molecule has 2 aromatic rings. The number of rotatable bonds is 3. The van der Waals surface area contributed by atoms with Gasteiger partial charge in [0.2, 0.25) is 0 Å². The van der Waals surface area contributed by atoms with Crippen LogP contribution in [0.3, 0.4) is 0 Å². The smallest absolute Gasteiger partial charge is 0.104 e. The van der Waals surface area contributed by atoms with Crippen LogP contribution in [-0.2, 0) is 6.54 Å². The third-order valence-electron chi connectivity index (χ3n) is 3.90. The van der Waals surface area contributed by atoms with Crippen molar-refractivity contribution < 1.29 is 4.90 Å². The summed E-state index contributed by atoms with van der Waals surface area (Å²) in [5.41, 5.74) is 4.20. The van der Waals surface area contributed by atoms with Crippen LogP contribution in [0.1, 0.15) is 11.1 Å². The molecule has 2 heterocycles. The monoisotopic (exact) mass is 273 g/mol. The Morgan fingerprint density at radius 3 is 2.47 bits per heavy atom. The van der Waals surface area contributed by atoms with Gasteiger partial charge in [-0.1, -0.05) is 17.7 Å². The molecule has 2 nitrogen and oxygen atoms in total. The minimum atomic E-state index is 1.17. The fraction of sp³-hybridized carbons (Fsp3) is 0.375. The highest BCUT2D eigenvalue weighted by Crippen LogP contribution is 2.14. The normalized spacial score (nSPS) is 16.8. The zero-order valence-electron chi connectivity index (χ0n) is 11.4. The summed E-state index contributed by atoms with van der Waals surface area (Å²) < 4.78 is 0. The van der Waals surface area contributed by atoms with Gasteiger partial charge >= 0.3 is 0 Å². The van der Waals surface area contributed by atoms with E-state index in [-0.39, 0.29) is 0 Å². The van der Waals surface area contributed by atoms with Gasteiger partial charge in [-0.2, -0.15) is 11.3 Å². The van der Waals surface area contributed by atoms with Crippen LogP contribution in [-0.4, -0.2) is 26.2 Å². The van der Waals surface area contributed by atoms with Crippen LogP contribution >= 0.6 is 11.3 Å². The maximum absolute atomic E-state index is 2.51. The lowest BCUT2D eigenvalue weighted by molar-refractivity contribution is -0.914. The minimum Gasteiger partial charge on any atom is -0.360 e. The molecule has 0 atom stereocenters. The number of aryl methyl sites for hydroxylation is 1. The zero-order chi connectivity index (χ0) is 13.1. The number of thiophene rings is 1. The Kier molecular flexibility index (Phi) is 3.85. The van der Waals surface area contributed by atoms with Crippen molar-refractivity contribution in [3.05, 3.63) is 52.2 Å². The number of nitrogens with zero attached hydrogens (tertiary/aromatic N) is 1. The Morgan fingerprint density at radius 2 is 1.84 bits per heavy atom. The van der Waals surface area contributed by atoms with Gasteiger partial charge in [0.15, 0.2) is 0 Å². The molecule has 100 valence electrons. The maximum Gasteiger partial charge on any atom is 0.104 e. The summed E-state index contributed by atoms with van der Waals surface area (Å²) in [7, 11) is 0. The van der Waals surface area contributed by atoms with Crippen molar-refractivity contribution in [3.8, 4) is 0 Å². The predicted molar refractivity (Wildman–Crippen MR) is 82.1 cm³/mol. The van der Waals surface area contributed by atoms with E-state index in [0.29, 0.717) is 0 Å². The highest BCUT2D eigenvalue weighted by Gasteiger charge is 2.20. The molecule has 3 rings (SSSR count). The van der Waals surface area contributed by atoms with Crippen LogP contribution < -0.4 is 9.80 Å². The standard InChI is InChI=1S/C16H20N2S/c1-14-2-4-16(5-3-14)18-9-7-17(8-10-18)12-15-6-11-19-13-15/h2-6,11,13H,7-10,12H2,1H3/p+1. The third kappa shape index (κ3) is 3.17. The Labute approximate surface area is 119 Å². The van der Waals surface area contributed by atoms with E-state index in [2.05, 4.69) is 52.9 Å². The van der Waals surface area contributed by atoms with E-state index in [1.807, 2.05) is 0 Å². The lowest BCUT2D eigenvalue weighted by Gasteiger charge is -2.33. The summed E-state index contributed by atoms with van der Waals surface area (Å²) in [6, 6.07) is 11.2. The summed E-state index contributed by atoms with van der Waals surface area (Å²) in [4.78, 5) is 4.22. The van der Waals surface area contributed by atoms with Crippen molar-refractivity contribution in [3.63, 3.8) is 0 Å². The molecule has 1 N–H and O–H groups in total. The molecule has 1 aliphatic heterocycles. The van der Waals surface area contributed by atoms with Crippen molar-refractivity contribution in [2.75, 3.05) is 31.1 Å². The van der Waals surface area contributed by atoms with Crippen LogP contribution in [0.5, 0.6) is 0 Å². The first-order valence-corrected chi connectivity index (χ1v) is 7.92. The molecule has 1 saturated heterocycles. The number of piperazine rings is 1. The summed E-state index contributed by atoms with van der Waals surface area (Å²) in [5.74, 6) is 0. The molecular formula is C16H21N2S+. The third-order valence-corrected chi connectivity index (χ3v) is 4.64. The van der Waals surface area contributed by atoms with E-state index in [4.69, 9.17) is 0 Å². The SMILES string of the molecule is Cc1ccc(N2CC[NH+](Cc3ccsc3)CC2)cc1. The molecule has 0 saturated carbocycles. The van der Waals surface area contributed by atoms with E-state index >= 15 is 0 Å². The fourth-order valence-electron chi connectivity index (χ4n) is 2.70. The van der Waals surface area contributed by atoms with Crippen LogP contribution in [0.4, 0.5) is 5.69 Å². The van der Waals surface area contributed by atoms with Crippen LogP contribution in [0.2, 0.25) is 0 Å². The van der Waals surface area contributed by atoms with Gasteiger partial charge in [0.25, 0.3) is 0 Å². The first kappa shape index (κ1) is 12.7. The second-order valence-corrected chi connectivity index (χ2v) is 6.16. The number of quaternary nitrogens is 1. The molecule has 19 heavy (non-hydrogen) atoms. The van der Waals surface area contributed by atoms with Gasteiger partial charge in [0, 0.05) is 11.3 Å². The van der Waals surface area contributed by atoms with Gasteiger partial charge in [-0.15, -0.1) is 0 Å². The predicted octanol–water partition coefficient (Wildman–Crippen LogP) is 1.96. The zero-order valence-corrected chi connectivity index (χ0v) is 12.2. The van der Waals surface area contributed by atoms with Gasteiger partial charge in [0.05, 0.1) is 26.2 Å². The topological polar surface area (TPSA) is 7.68 Å². The average molecular weight is 273 g/mol. The first-order chi connectivity index (χ1) is 9.31. The number of nitrogens with one attached hydrogen (secondary N) is 1. The summed E-state index contributed by atoms with van der Waals surface area (Å²) >= 11 is 1.80. The largest absolute Gasteiger partial charge is 0.360 e. The van der Waals surface area contributed by atoms with Crippen molar-refractivity contribution >= 4 is 17.0 Å². The number of hydrogen-bond donors (Lipinski definition) is 1. The van der Waals surface area contributed by atoms with Crippen LogP contribution in [0, 0.1) is 6.92 Å². The molecule has 0 aliphatic carbocycles. The molecule has 3 heteroatoms. The maximum atomic E-state index is 2.51. The van der Waals surface area contributed by atoms with Gasteiger partial charge in [-0.05, 0) is 35.9 Å². The minimum absolute atomic E-state index is 1.17. The number of benzene rings is 1. The highest BCUT2D eigenvalue weighted by molar-refractivity contribution is 7.07. The lowest BCUT2D eigenvalue weighted by Crippen LogP contribution is -3.13. The summed E-state index contributed by atoms with van der Waals surface area (Å²) in [6.45, 7) is 8.15. The first-order valence-electron chi connectivity index (χ1n) is 6.97. The highest BCUT2D eigenvalue weighted by atomic mass is 32.1. The van der Waals surface area contributed by atoms with E-state index in [1.165, 1.54) is 49.5 Å². The second kappa shape index (κ2) is 5.76. The van der Waals surface area contributed by atoms with Gasteiger partial charge in [-0.25, -0.2) is 0 Å². The average Bonchev–Trinajstić information content (AvgIpc) is 2.94. The Balaban J connectivity index is 1.56. The fourth-order valence-corrected chi connectivity index (χ4v) is 3.36. The Morgan fingerprint density at radius 1 is 1.11 bits per heavy atom. The number of hydrogen-bond acceptors (Lipinski definition) is 2. The molecule has 1 fully saturated rings. The number of anilines is 1. The van der Waals surface area contributed by atoms with Crippen LogP contribution in [0.15, 0.2) is 41.1 Å². The summed E-state index contributed by atoms with van der Waals surface area (Å²) in [5, 5.41) is 4.46. The molecule has 1 aromatic carbocycles. The molecular weight excluding hydrogens is 252 g/mol. The van der Waals surface area contributed by atoms with Gasteiger partial charge in [0.1, 0.15) is 6.54 Å². The lowest BCUT2D eigenvalue weighted by atomic mass is 10.2. The van der Waals surface area contributed by atoms with Crippen LogP contribution in [0.25, 0.3) is 0 Å². The quantitative estimate of drug-likeness (QED) is 0.898. The molecule has 0 unspecified atom stereocenters. The molecule has 1 aliphatic rings. The summed E-state index contributed by atoms with van der Waals surface area (Å²) in [6.07, 6.45) is 0. The van der Waals surface area contributed by atoms with E-state index in [1.54, 1.807) is 16.2 Å².